The zero-order chi connectivity index (χ0) is 14.0. The highest BCUT2D eigenvalue weighted by molar-refractivity contribution is 9.10. The fourth-order valence-corrected chi connectivity index (χ4v) is 2.18. The fourth-order valence-electron chi connectivity index (χ4n) is 1.55. The summed E-state index contributed by atoms with van der Waals surface area (Å²) < 4.78 is 6.13. The summed E-state index contributed by atoms with van der Waals surface area (Å²) in [7, 11) is 0. The summed E-state index contributed by atoms with van der Waals surface area (Å²) in [5.41, 5.74) is 1.37. The molecule has 6 heteroatoms. The molecule has 1 amide bonds. The molecule has 0 saturated carbocycles. The van der Waals surface area contributed by atoms with Gasteiger partial charge in [0.2, 0.25) is 5.89 Å². The Morgan fingerprint density at radius 1 is 1.47 bits per heavy atom. The molecule has 0 bridgehead atoms. The van der Waals surface area contributed by atoms with Crippen LogP contribution in [-0.4, -0.2) is 10.9 Å². The van der Waals surface area contributed by atoms with Gasteiger partial charge in [-0.05, 0) is 48.0 Å². The van der Waals surface area contributed by atoms with Crippen LogP contribution in [0.5, 0.6) is 0 Å². The first kappa shape index (κ1) is 14.1. The lowest BCUT2D eigenvalue weighted by atomic mass is 10.2. The van der Waals surface area contributed by atoms with Gasteiger partial charge in [0.1, 0.15) is 5.76 Å². The highest BCUT2D eigenvalue weighted by Gasteiger charge is 2.12. The molecule has 0 saturated heterocycles. The Kier molecular flexibility index (Phi) is 4.31. The third-order valence-electron chi connectivity index (χ3n) is 2.67. The molecule has 0 aliphatic rings. The third kappa shape index (κ3) is 3.39. The van der Waals surface area contributed by atoms with Crippen LogP contribution in [0.15, 0.2) is 32.0 Å². The van der Waals surface area contributed by atoms with Crippen LogP contribution in [0.1, 0.15) is 27.7 Å². The molecule has 4 nitrogen and oxygen atoms in total. The van der Waals surface area contributed by atoms with Gasteiger partial charge in [0.05, 0.1) is 17.8 Å². The van der Waals surface area contributed by atoms with Gasteiger partial charge in [-0.1, -0.05) is 0 Å². The highest BCUT2D eigenvalue weighted by atomic mass is 79.9. The van der Waals surface area contributed by atoms with Crippen LogP contribution in [-0.2, 0) is 6.54 Å². The average Bonchev–Trinajstić information content (AvgIpc) is 2.69. The molecule has 1 N–H and O–H groups in total. The zero-order valence-corrected chi connectivity index (χ0v) is 13.0. The van der Waals surface area contributed by atoms with Crippen LogP contribution in [0.4, 0.5) is 0 Å². The number of thiol groups is 1. The van der Waals surface area contributed by atoms with Crippen molar-refractivity contribution in [1.82, 2.24) is 10.3 Å². The van der Waals surface area contributed by atoms with E-state index >= 15 is 0 Å². The van der Waals surface area contributed by atoms with Crippen molar-refractivity contribution in [3.63, 3.8) is 0 Å². The largest absolute Gasteiger partial charge is 0.444 e. The molecule has 0 spiro atoms. The van der Waals surface area contributed by atoms with Gasteiger partial charge < -0.3 is 9.73 Å². The van der Waals surface area contributed by atoms with Crippen LogP contribution in [0, 0.1) is 13.8 Å². The summed E-state index contributed by atoms with van der Waals surface area (Å²) >= 11 is 7.56. The second-order valence-corrected chi connectivity index (χ2v) is 5.47. The van der Waals surface area contributed by atoms with Crippen molar-refractivity contribution in [1.29, 1.82) is 0 Å². The standard InChI is InChI=1S/C13H13BrN2O2S/c1-7-8(2)18-12(16-7)6-15-13(17)10-5-9(19)3-4-11(10)14/h3-5,19H,6H2,1-2H3,(H,15,17). The number of rotatable bonds is 3. The summed E-state index contributed by atoms with van der Waals surface area (Å²) in [6.45, 7) is 3.97. The van der Waals surface area contributed by atoms with Crippen molar-refractivity contribution in [2.24, 2.45) is 0 Å². The molecule has 0 unspecified atom stereocenters. The summed E-state index contributed by atoms with van der Waals surface area (Å²) in [5.74, 6) is 1.07. The predicted molar refractivity (Wildman–Crippen MR) is 78.5 cm³/mol. The van der Waals surface area contributed by atoms with Crippen LogP contribution in [0.3, 0.4) is 0 Å². The van der Waals surface area contributed by atoms with E-state index in [1.54, 1.807) is 12.1 Å². The monoisotopic (exact) mass is 340 g/mol. The van der Waals surface area contributed by atoms with E-state index in [9.17, 15) is 4.79 Å². The molecule has 0 atom stereocenters. The fraction of sp³-hybridized carbons (Fsp3) is 0.231. The van der Waals surface area contributed by atoms with Crippen molar-refractivity contribution >= 4 is 34.5 Å². The molecule has 2 aromatic rings. The Hall–Kier alpha value is -1.27. The lowest BCUT2D eigenvalue weighted by molar-refractivity contribution is 0.0946. The van der Waals surface area contributed by atoms with Crippen LogP contribution < -0.4 is 5.32 Å². The van der Waals surface area contributed by atoms with Crippen molar-refractivity contribution in [2.45, 2.75) is 25.3 Å². The van der Waals surface area contributed by atoms with Gasteiger partial charge in [-0.3, -0.25) is 4.79 Å². The molecule has 0 radical (unpaired) electrons. The van der Waals surface area contributed by atoms with Gasteiger partial charge >= 0.3 is 0 Å². The van der Waals surface area contributed by atoms with E-state index in [-0.39, 0.29) is 12.5 Å². The van der Waals surface area contributed by atoms with Gasteiger partial charge in [-0.25, -0.2) is 4.98 Å². The number of amides is 1. The highest BCUT2D eigenvalue weighted by Crippen LogP contribution is 2.20. The second-order valence-electron chi connectivity index (χ2n) is 4.10. The number of nitrogens with one attached hydrogen (secondary N) is 1. The lowest BCUT2D eigenvalue weighted by Crippen LogP contribution is -2.23. The molecule has 1 heterocycles. The maximum absolute atomic E-state index is 12.0. The van der Waals surface area contributed by atoms with E-state index in [0.29, 0.717) is 11.5 Å². The van der Waals surface area contributed by atoms with E-state index in [2.05, 4.69) is 38.9 Å². The molecule has 1 aromatic carbocycles. The van der Waals surface area contributed by atoms with Gasteiger partial charge in [0.15, 0.2) is 0 Å². The maximum atomic E-state index is 12.0. The van der Waals surface area contributed by atoms with E-state index in [4.69, 9.17) is 4.42 Å². The number of halogens is 1. The Morgan fingerprint density at radius 3 is 2.84 bits per heavy atom. The van der Waals surface area contributed by atoms with Crippen LogP contribution in [0.25, 0.3) is 0 Å². The number of hydrogen-bond donors (Lipinski definition) is 2. The number of nitrogens with zero attached hydrogens (tertiary/aromatic N) is 1. The van der Waals surface area contributed by atoms with E-state index in [0.717, 1.165) is 20.8 Å². The van der Waals surface area contributed by atoms with E-state index < -0.39 is 0 Å². The first-order chi connectivity index (χ1) is 8.97. The number of hydrogen-bond acceptors (Lipinski definition) is 4. The summed E-state index contributed by atoms with van der Waals surface area (Å²) in [6.07, 6.45) is 0. The first-order valence-electron chi connectivity index (χ1n) is 5.67. The molecule has 0 fully saturated rings. The van der Waals surface area contributed by atoms with E-state index in [1.165, 1.54) is 0 Å². The molecule has 0 aliphatic carbocycles. The van der Waals surface area contributed by atoms with Crippen molar-refractivity contribution in [2.75, 3.05) is 0 Å². The number of benzene rings is 1. The minimum absolute atomic E-state index is 0.198. The third-order valence-corrected chi connectivity index (χ3v) is 3.64. The first-order valence-corrected chi connectivity index (χ1v) is 6.91. The summed E-state index contributed by atoms with van der Waals surface area (Å²) in [6, 6.07) is 5.30. The molecular formula is C13H13BrN2O2S. The van der Waals surface area contributed by atoms with Gasteiger partial charge in [0.25, 0.3) is 5.91 Å². The zero-order valence-electron chi connectivity index (χ0n) is 10.5. The van der Waals surface area contributed by atoms with Crippen LogP contribution >= 0.6 is 28.6 Å². The number of carbonyl (C=O) groups excluding carboxylic acids is 1. The molecular weight excluding hydrogens is 328 g/mol. The smallest absolute Gasteiger partial charge is 0.252 e. The lowest BCUT2D eigenvalue weighted by Gasteiger charge is -2.05. The quantitative estimate of drug-likeness (QED) is 0.843. The SMILES string of the molecule is Cc1nc(CNC(=O)c2cc(S)ccc2Br)oc1C. The van der Waals surface area contributed by atoms with Gasteiger partial charge in [-0.2, -0.15) is 0 Å². The van der Waals surface area contributed by atoms with Gasteiger partial charge in [-0.15, -0.1) is 12.6 Å². The average molecular weight is 341 g/mol. The Bertz CT molecular complexity index is 606. The number of carbonyl (C=O) groups is 1. The van der Waals surface area contributed by atoms with Crippen molar-refractivity contribution < 1.29 is 9.21 Å². The molecule has 100 valence electrons. The predicted octanol–water partition coefficient (Wildman–Crippen LogP) is 3.27. The summed E-state index contributed by atoms with van der Waals surface area (Å²) in [4.78, 5) is 17.0. The van der Waals surface area contributed by atoms with Crippen molar-refractivity contribution in [3.8, 4) is 0 Å². The maximum Gasteiger partial charge on any atom is 0.252 e. The van der Waals surface area contributed by atoms with Crippen LogP contribution in [0.2, 0.25) is 0 Å². The topological polar surface area (TPSA) is 55.1 Å². The molecule has 0 aliphatic heterocycles. The molecule has 19 heavy (non-hydrogen) atoms. The molecule has 1 aromatic heterocycles. The number of aryl methyl sites for hydroxylation is 2. The molecule has 2 rings (SSSR count). The Labute approximate surface area is 125 Å². The Balaban J connectivity index is 2.07. The summed E-state index contributed by atoms with van der Waals surface area (Å²) in [5, 5.41) is 2.76. The Morgan fingerprint density at radius 2 is 2.21 bits per heavy atom. The van der Waals surface area contributed by atoms with Crippen molar-refractivity contribution in [3.05, 3.63) is 45.6 Å². The number of aromatic nitrogens is 1. The number of oxazole rings is 1. The van der Waals surface area contributed by atoms with E-state index in [1.807, 2.05) is 19.9 Å². The van der Waals surface area contributed by atoms with Gasteiger partial charge in [0, 0.05) is 9.37 Å². The second kappa shape index (κ2) is 5.79. The minimum atomic E-state index is -0.198. The normalized spacial score (nSPS) is 10.5. The minimum Gasteiger partial charge on any atom is -0.444 e.